The Morgan fingerprint density at radius 1 is 1.27 bits per heavy atom. The number of rotatable bonds is 6. The lowest BCUT2D eigenvalue weighted by atomic mass is 10.2. The molecule has 2 aromatic rings. The fourth-order valence-corrected chi connectivity index (χ4v) is 3.12. The maximum absolute atomic E-state index is 12.0. The third-order valence-electron chi connectivity index (χ3n) is 3.01. The number of hydrogen-bond acceptors (Lipinski definition) is 4. The molecule has 0 aliphatic carbocycles. The van der Waals surface area contributed by atoms with Gasteiger partial charge in [0.05, 0.1) is 14.4 Å². The van der Waals surface area contributed by atoms with Crippen molar-refractivity contribution in [2.45, 2.75) is 13.5 Å². The normalized spacial score (nSPS) is 11.3. The monoisotopic (exact) mass is 380 g/mol. The van der Waals surface area contributed by atoms with Gasteiger partial charge in [0, 0.05) is 13.6 Å². The van der Waals surface area contributed by atoms with Crippen LogP contribution in [0.15, 0.2) is 51.4 Å². The molecular formula is C16H17BrN2O2S. The number of benzene rings is 1. The van der Waals surface area contributed by atoms with Gasteiger partial charge >= 0.3 is 0 Å². The molecule has 0 N–H and O–H groups in total. The van der Waals surface area contributed by atoms with Gasteiger partial charge in [-0.25, -0.2) is 0 Å². The van der Waals surface area contributed by atoms with Gasteiger partial charge < -0.3 is 9.74 Å². The van der Waals surface area contributed by atoms with Crippen molar-refractivity contribution < 1.29 is 9.63 Å². The van der Waals surface area contributed by atoms with Crippen molar-refractivity contribution in [1.82, 2.24) is 4.90 Å². The fraction of sp³-hybridized carbons (Fsp3) is 0.250. The second-order valence-electron chi connectivity index (χ2n) is 4.79. The van der Waals surface area contributed by atoms with Crippen molar-refractivity contribution in [2.24, 2.45) is 5.16 Å². The van der Waals surface area contributed by atoms with E-state index in [1.54, 1.807) is 23.3 Å². The average Bonchev–Trinajstić information content (AvgIpc) is 2.94. The van der Waals surface area contributed by atoms with Gasteiger partial charge in [-0.3, -0.25) is 4.79 Å². The first kappa shape index (κ1) is 16.7. The molecule has 6 heteroatoms. The van der Waals surface area contributed by atoms with Crippen LogP contribution in [0.1, 0.15) is 17.4 Å². The molecule has 0 aliphatic rings. The summed E-state index contributed by atoms with van der Waals surface area (Å²) in [5, 5.41) is 4.00. The predicted octanol–water partition coefficient (Wildman–Crippen LogP) is 3.91. The summed E-state index contributed by atoms with van der Waals surface area (Å²) in [7, 11) is 1.76. The van der Waals surface area contributed by atoms with Crippen LogP contribution in [0.4, 0.5) is 0 Å². The lowest BCUT2D eigenvalue weighted by Gasteiger charge is -2.16. The molecule has 1 amide bonds. The number of likely N-dealkylation sites (N-methyl/N-ethyl adjacent to an activating group) is 1. The number of carbonyl (C=O) groups excluding carboxylic acids is 1. The molecule has 0 fully saturated rings. The first-order chi connectivity index (χ1) is 10.6. The highest BCUT2D eigenvalue weighted by Crippen LogP contribution is 2.22. The maximum atomic E-state index is 12.0. The van der Waals surface area contributed by atoms with E-state index in [0.717, 1.165) is 19.9 Å². The van der Waals surface area contributed by atoms with Crippen LogP contribution in [0.2, 0.25) is 0 Å². The third-order valence-corrected chi connectivity index (χ3v) is 4.74. The van der Waals surface area contributed by atoms with Crippen LogP contribution in [0.5, 0.6) is 0 Å². The number of halogens is 1. The summed E-state index contributed by atoms with van der Waals surface area (Å²) >= 11 is 4.98. The predicted molar refractivity (Wildman–Crippen MR) is 93.1 cm³/mol. The Labute approximate surface area is 142 Å². The van der Waals surface area contributed by atoms with Crippen LogP contribution in [-0.4, -0.2) is 30.2 Å². The van der Waals surface area contributed by atoms with E-state index in [9.17, 15) is 4.79 Å². The van der Waals surface area contributed by atoms with Gasteiger partial charge in [0.25, 0.3) is 5.91 Å². The molecule has 1 aromatic carbocycles. The van der Waals surface area contributed by atoms with Gasteiger partial charge in [0.15, 0.2) is 6.61 Å². The zero-order valence-electron chi connectivity index (χ0n) is 12.5. The zero-order chi connectivity index (χ0) is 15.9. The Kier molecular flexibility index (Phi) is 6.15. The summed E-state index contributed by atoms with van der Waals surface area (Å²) < 4.78 is 1.04. The highest BCUT2D eigenvalue weighted by atomic mass is 79.9. The number of amides is 1. The number of nitrogens with zero attached hydrogens (tertiary/aromatic N) is 2. The van der Waals surface area contributed by atoms with Gasteiger partial charge in [0.2, 0.25) is 0 Å². The van der Waals surface area contributed by atoms with Crippen molar-refractivity contribution in [1.29, 1.82) is 0 Å². The Morgan fingerprint density at radius 2 is 2.00 bits per heavy atom. The number of oxime groups is 1. The molecule has 0 saturated carbocycles. The Hall–Kier alpha value is -1.66. The van der Waals surface area contributed by atoms with Crippen LogP contribution in [-0.2, 0) is 16.2 Å². The summed E-state index contributed by atoms with van der Waals surface area (Å²) in [5.41, 5.74) is 1.84. The summed E-state index contributed by atoms with van der Waals surface area (Å²) in [6.07, 6.45) is 0. The van der Waals surface area contributed by atoms with Crippen LogP contribution in [0.25, 0.3) is 0 Å². The molecule has 4 nitrogen and oxygen atoms in total. The second kappa shape index (κ2) is 8.10. The molecule has 1 aromatic heterocycles. The first-order valence-electron chi connectivity index (χ1n) is 6.76. The first-order valence-corrected chi connectivity index (χ1v) is 8.37. The van der Waals surface area contributed by atoms with E-state index in [1.807, 2.05) is 49.4 Å². The van der Waals surface area contributed by atoms with E-state index < -0.39 is 0 Å². The molecule has 0 saturated heterocycles. The van der Waals surface area contributed by atoms with E-state index in [1.165, 1.54) is 0 Å². The molecule has 116 valence electrons. The number of thiophene rings is 1. The highest BCUT2D eigenvalue weighted by molar-refractivity contribution is 9.11. The molecule has 0 atom stereocenters. The van der Waals surface area contributed by atoms with Crippen molar-refractivity contribution >= 4 is 38.9 Å². The lowest BCUT2D eigenvalue weighted by molar-refractivity contribution is -0.135. The molecule has 0 aliphatic heterocycles. The average molecular weight is 381 g/mol. The summed E-state index contributed by atoms with van der Waals surface area (Å²) in [6, 6.07) is 13.8. The summed E-state index contributed by atoms with van der Waals surface area (Å²) in [5.74, 6) is -0.104. The van der Waals surface area contributed by atoms with E-state index in [4.69, 9.17) is 4.84 Å². The minimum atomic E-state index is -0.104. The Balaban J connectivity index is 1.82. The van der Waals surface area contributed by atoms with Crippen LogP contribution >= 0.6 is 27.3 Å². The lowest BCUT2D eigenvalue weighted by Crippen LogP contribution is -2.29. The molecule has 0 spiro atoms. The van der Waals surface area contributed by atoms with E-state index >= 15 is 0 Å². The number of carbonyl (C=O) groups is 1. The van der Waals surface area contributed by atoms with Crippen LogP contribution in [0.3, 0.4) is 0 Å². The van der Waals surface area contributed by atoms with Gasteiger partial charge in [-0.15, -0.1) is 11.3 Å². The molecule has 2 rings (SSSR count). The zero-order valence-corrected chi connectivity index (χ0v) is 14.9. The minimum absolute atomic E-state index is 0.0623. The smallest absolute Gasteiger partial charge is 0.263 e. The Bertz CT molecular complexity index is 655. The summed E-state index contributed by atoms with van der Waals surface area (Å²) in [6.45, 7) is 2.35. The van der Waals surface area contributed by atoms with Crippen molar-refractivity contribution in [3.63, 3.8) is 0 Å². The standard InChI is InChI=1S/C16H17BrN2O2S/c1-12(14-8-9-15(17)22-14)18-21-11-16(20)19(2)10-13-6-4-3-5-7-13/h3-9H,10-11H2,1-2H3/b18-12+. The van der Waals surface area contributed by atoms with E-state index in [2.05, 4.69) is 21.1 Å². The van der Waals surface area contributed by atoms with Crippen molar-refractivity contribution in [3.8, 4) is 0 Å². The number of hydrogen-bond donors (Lipinski definition) is 0. The highest BCUT2D eigenvalue weighted by Gasteiger charge is 2.10. The van der Waals surface area contributed by atoms with Gasteiger partial charge in [-0.2, -0.15) is 0 Å². The van der Waals surface area contributed by atoms with E-state index in [-0.39, 0.29) is 12.5 Å². The van der Waals surface area contributed by atoms with Gasteiger partial charge in [-0.05, 0) is 40.5 Å². The van der Waals surface area contributed by atoms with Crippen molar-refractivity contribution in [2.75, 3.05) is 13.7 Å². The largest absolute Gasteiger partial charge is 0.385 e. The quantitative estimate of drug-likeness (QED) is 0.563. The molecular weight excluding hydrogens is 364 g/mol. The minimum Gasteiger partial charge on any atom is -0.385 e. The molecule has 1 heterocycles. The topological polar surface area (TPSA) is 41.9 Å². The SMILES string of the molecule is C/C(=N\OCC(=O)N(C)Cc1ccccc1)c1ccc(Br)s1. The molecule has 22 heavy (non-hydrogen) atoms. The third kappa shape index (κ3) is 4.96. The van der Waals surface area contributed by atoms with Gasteiger partial charge in [-0.1, -0.05) is 35.5 Å². The van der Waals surface area contributed by atoms with Crippen LogP contribution < -0.4 is 0 Å². The second-order valence-corrected chi connectivity index (χ2v) is 7.25. The molecule has 0 radical (unpaired) electrons. The van der Waals surface area contributed by atoms with Gasteiger partial charge in [0.1, 0.15) is 0 Å². The maximum Gasteiger partial charge on any atom is 0.263 e. The molecule has 0 bridgehead atoms. The fourth-order valence-electron chi connectivity index (χ4n) is 1.79. The molecule has 0 unspecified atom stereocenters. The Morgan fingerprint density at radius 3 is 2.64 bits per heavy atom. The van der Waals surface area contributed by atoms with Crippen molar-refractivity contribution in [3.05, 3.63) is 56.7 Å². The van der Waals surface area contributed by atoms with Crippen LogP contribution in [0, 0.1) is 0 Å². The summed E-state index contributed by atoms with van der Waals surface area (Å²) in [4.78, 5) is 19.8. The van der Waals surface area contributed by atoms with E-state index in [0.29, 0.717) is 6.54 Å².